The van der Waals surface area contributed by atoms with Crippen molar-refractivity contribution in [1.82, 2.24) is 14.5 Å². The van der Waals surface area contributed by atoms with Crippen LogP contribution in [-0.2, 0) is 0 Å². The minimum absolute atomic E-state index is 0.641. The van der Waals surface area contributed by atoms with Crippen molar-refractivity contribution in [3.63, 3.8) is 0 Å². The lowest BCUT2D eigenvalue weighted by molar-refractivity contribution is 0.669. The predicted octanol–water partition coefficient (Wildman–Crippen LogP) is 12.3. The lowest BCUT2D eigenvalue weighted by Crippen LogP contribution is -2.04. The number of nitrogens with zero attached hydrogens (tertiary/aromatic N) is 3. The van der Waals surface area contributed by atoms with Crippen LogP contribution in [0.3, 0.4) is 0 Å². The molecule has 0 amide bonds. The van der Waals surface area contributed by atoms with Gasteiger partial charge in [-0.1, -0.05) is 133 Å². The molecule has 4 nitrogen and oxygen atoms in total. The molecule has 3 aromatic heterocycles. The third kappa shape index (κ3) is 3.87. The number of aromatic nitrogens is 3. The Morgan fingerprint density at radius 1 is 0.440 bits per heavy atom. The first-order chi connectivity index (χ1) is 24.8. The van der Waals surface area contributed by atoms with E-state index in [-0.39, 0.29) is 0 Å². The van der Waals surface area contributed by atoms with Crippen molar-refractivity contribution in [2.45, 2.75) is 0 Å². The van der Waals surface area contributed by atoms with Crippen LogP contribution in [-0.4, -0.2) is 14.5 Å². The van der Waals surface area contributed by atoms with E-state index in [0.29, 0.717) is 5.95 Å². The van der Waals surface area contributed by atoms with E-state index >= 15 is 0 Å². The molecular weight excluding hydrogens is 611 g/mol. The van der Waals surface area contributed by atoms with Gasteiger partial charge in [0.15, 0.2) is 0 Å². The molecule has 0 spiro atoms. The van der Waals surface area contributed by atoms with E-state index in [9.17, 15) is 0 Å². The van der Waals surface area contributed by atoms with Crippen LogP contribution in [0.15, 0.2) is 168 Å². The highest BCUT2D eigenvalue weighted by molar-refractivity contribution is 6.20. The molecule has 0 atom stereocenters. The van der Waals surface area contributed by atoms with Gasteiger partial charge >= 0.3 is 0 Å². The zero-order chi connectivity index (χ0) is 32.8. The summed E-state index contributed by atoms with van der Waals surface area (Å²) in [5.41, 5.74) is 8.96. The highest BCUT2D eigenvalue weighted by Crippen LogP contribution is 2.41. The van der Waals surface area contributed by atoms with Gasteiger partial charge in [-0.25, -0.2) is 9.97 Å². The van der Waals surface area contributed by atoms with Crippen molar-refractivity contribution in [1.29, 1.82) is 0 Å². The van der Waals surface area contributed by atoms with E-state index in [0.717, 1.165) is 87.8 Å². The van der Waals surface area contributed by atoms with Gasteiger partial charge in [0.05, 0.1) is 22.2 Å². The van der Waals surface area contributed by atoms with E-state index in [1.807, 2.05) is 6.07 Å². The van der Waals surface area contributed by atoms with Crippen molar-refractivity contribution < 1.29 is 4.42 Å². The molecular formula is C46H27N3O. The second-order valence-electron chi connectivity index (χ2n) is 12.9. The number of furan rings is 1. The number of fused-ring (bicyclic) bond motifs is 11. The van der Waals surface area contributed by atoms with Crippen molar-refractivity contribution in [2.24, 2.45) is 0 Å². The molecule has 4 heteroatoms. The third-order valence-electron chi connectivity index (χ3n) is 10.2. The fourth-order valence-electron chi connectivity index (χ4n) is 7.94. The molecule has 3 heterocycles. The number of hydrogen-bond acceptors (Lipinski definition) is 3. The summed E-state index contributed by atoms with van der Waals surface area (Å²) in [6, 6.07) is 57.7. The Bertz CT molecular complexity index is 3150. The number of para-hydroxylation sites is 2. The average Bonchev–Trinajstić information content (AvgIpc) is 3.73. The molecule has 0 saturated heterocycles. The van der Waals surface area contributed by atoms with E-state index < -0.39 is 0 Å². The van der Waals surface area contributed by atoms with Crippen LogP contribution in [0.5, 0.6) is 0 Å². The minimum atomic E-state index is 0.641. The van der Waals surface area contributed by atoms with Crippen LogP contribution in [0.1, 0.15) is 0 Å². The number of rotatable bonds is 3. The minimum Gasteiger partial charge on any atom is -0.456 e. The summed E-state index contributed by atoms with van der Waals surface area (Å²) in [5.74, 6) is 0.641. The van der Waals surface area contributed by atoms with Gasteiger partial charge in [0.1, 0.15) is 11.2 Å². The second-order valence-corrected chi connectivity index (χ2v) is 12.9. The average molecular weight is 638 g/mol. The standard InChI is InChI=1S/C46H27N3O/c1-2-13-30(14-3-1)43-38-25-21-29-12-5-7-16-33(29)44(38)48-46(47-43)49-39-20-9-8-17-35(39)36-19-10-18-34(45(36)49)31-22-24-37-41(27-31)50-40-26-23-28-11-4-6-15-32(28)42(37)40/h1-27H. The summed E-state index contributed by atoms with van der Waals surface area (Å²) >= 11 is 0. The molecule has 0 radical (unpaired) electrons. The molecule has 50 heavy (non-hydrogen) atoms. The molecule has 0 bridgehead atoms. The first kappa shape index (κ1) is 27.2. The molecule has 0 unspecified atom stereocenters. The largest absolute Gasteiger partial charge is 0.456 e. The summed E-state index contributed by atoms with van der Waals surface area (Å²) in [4.78, 5) is 10.8. The maximum atomic E-state index is 6.53. The summed E-state index contributed by atoms with van der Waals surface area (Å²) in [7, 11) is 0. The van der Waals surface area contributed by atoms with Crippen molar-refractivity contribution in [3.05, 3.63) is 164 Å². The van der Waals surface area contributed by atoms with Crippen LogP contribution in [0.2, 0.25) is 0 Å². The van der Waals surface area contributed by atoms with Crippen molar-refractivity contribution >= 4 is 76.2 Å². The fourth-order valence-corrected chi connectivity index (χ4v) is 7.94. The molecule has 0 aliphatic rings. The first-order valence-electron chi connectivity index (χ1n) is 16.9. The van der Waals surface area contributed by atoms with E-state index in [1.165, 1.54) is 10.8 Å². The SMILES string of the molecule is c1ccc(-c2nc(-n3c4ccccc4c4cccc(-c5ccc6c(c5)oc5ccc7ccccc7c56)c43)nc3c2ccc2ccccc23)cc1. The van der Waals surface area contributed by atoms with Crippen LogP contribution in [0.25, 0.3) is 105 Å². The summed E-state index contributed by atoms with van der Waals surface area (Å²) in [6.07, 6.45) is 0. The summed E-state index contributed by atoms with van der Waals surface area (Å²) in [6.45, 7) is 0. The third-order valence-corrected chi connectivity index (χ3v) is 10.2. The van der Waals surface area contributed by atoms with Gasteiger partial charge in [-0.15, -0.1) is 0 Å². The Hall–Kier alpha value is -6.78. The molecule has 0 saturated carbocycles. The van der Waals surface area contributed by atoms with Gasteiger partial charge < -0.3 is 4.42 Å². The maximum Gasteiger partial charge on any atom is 0.235 e. The highest BCUT2D eigenvalue weighted by atomic mass is 16.3. The molecule has 0 N–H and O–H groups in total. The van der Waals surface area contributed by atoms with E-state index in [1.54, 1.807) is 0 Å². The first-order valence-corrected chi connectivity index (χ1v) is 16.9. The number of benzene rings is 8. The zero-order valence-electron chi connectivity index (χ0n) is 26.8. The van der Waals surface area contributed by atoms with Gasteiger partial charge in [0.25, 0.3) is 0 Å². The molecule has 0 aliphatic carbocycles. The summed E-state index contributed by atoms with van der Waals surface area (Å²) in [5, 5.41) is 10.3. The fraction of sp³-hybridized carbons (Fsp3) is 0. The van der Waals surface area contributed by atoms with Gasteiger partial charge in [-0.05, 0) is 52.1 Å². The number of hydrogen-bond donors (Lipinski definition) is 0. The lowest BCUT2D eigenvalue weighted by Gasteiger charge is -2.14. The summed E-state index contributed by atoms with van der Waals surface area (Å²) < 4.78 is 8.78. The molecule has 8 aromatic carbocycles. The van der Waals surface area contributed by atoms with E-state index in [4.69, 9.17) is 14.4 Å². The normalized spacial score (nSPS) is 12.0. The van der Waals surface area contributed by atoms with Gasteiger partial charge in [0.2, 0.25) is 5.95 Å². The topological polar surface area (TPSA) is 43.9 Å². The van der Waals surface area contributed by atoms with Crippen LogP contribution in [0.4, 0.5) is 0 Å². The van der Waals surface area contributed by atoms with Crippen LogP contribution in [0, 0.1) is 0 Å². The van der Waals surface area contributed by atoms with Gasteiger partial charge in [-0.2, -0.15) is 0 Å². The smallest absolute Gasteiger partial charge is 0.235 e. The maximum absolute atomic E-state index is 6.53. The van der Waals surface area contributed by atoms with Gasteiger partial charge in [0, 0.05) is 43.4 Å². The van der Waals surface area contributed by atoms with Crippen molar-refractivity contribution in [3.8, 4) is 28.3 Å². The quantitative estimate of drug-likeness (QED) is 0.181. The van der Waals surface area contributed by atoms with Gasteiger partial charge in [-0.3, -0.25) is 4.57 Å². The Morgan fingerprint density at radius 3 is 2.02 bits per heavy atom. The van der Waals surface area contributed by atoms with E-state index in [2.05, 4.69) is 162 Å². The monoisotopic (exact) mass is 637 g/mol. The Kier molecular flexibility index (Phi) is 5.63. The molecule has 0 fully saturated rings. The Labute approximate surface area is 286 Å². The Morgan fingerprint density at radius 2 is 1.14 bits per heavy atom. The molecule has 232 valence electrons. The van der Waals surface area contributed by atoms with Crippen LogP contribution >= 0.6 is 0 Å². The Balaban J connectivity index is 1.23. The second kappa shape index (κ2) is 10.4. The zero-order valence-corrected chi connectivity index (χ0v) is 26.8. The predicted molar refractivity (Wildman–Crippen MR) is 207 cm³/mol. The lowest BCUT2D eigenvalue weighted by atomic mass is 9.99. The highest BCUT2D eigenvalue weighted by Gasteiger charge is 2.21. The van der Waals surface area contributed by atoms with Crippen LogP contribution < -0.4 is 0 Å². The van der Waals surface area contributed by atoms with Crippen molar-refractivity contribution in [2.75, 3.05) is 0 Å². The molecule has 11 aromatic rings. The molecule has 11 rings (SSSR count). The molecule has 0 aliphatic heterocycles.